The predicted octanol–water partition coefficient (Wildman–Crippen LogP) is 5.62. The quantitative estimate of drug-likeness (QED) is 0.0680. The van der Waals surface area contributed by atoms with Crippen LogP contribution in [0.4, 0.5) is 11.6 Å². The first-order valence-electron chi connectivity index (χ1n) is 21.4. The molecule has 4 heterocycles. The summed E-state index contributed by atoms with van der Waals surface area (Å²) in [6, 6.07) is 27.8. The Morgan fingerprint density at radius 1 is 0.582 bits per heavy atom. The summed E-state index contributed by atoms with van der Waals surface area (Å²) in [5.41, 5.74) is 13.9. The van der Waals surface area contributed by atoms with E-state index in [1.807, 2.05) is 20.2 Å². The number of hydrogen-bond acceptors (Lipinski definition) is 14. The second-order valence-electron chi connectivity index (χ2n) is 15.9. The molecule has 2 amide bonds. The molecular weight excluding hydrogens is 861 g/mol. The molecule has 348 valence electrons. The minimum Gasteiger partial charge on any atom is -0.508 e. The number of hydrogen-bond donors (Lipinski definition) is 6. The number of carboxylic acids is 1. The molecule has 6 aromatic rings. The van der Waals surface area contributed by atoms with Crippen molar-refractivity contribution in [3.05, 3.63) is 96.1 Å². The fourth-order valence-corrected chi connectivity index (χ4v) is 7.15. The van der Waals surface area contributed by atoms with Crippen LogP contribution in [0.1, 0.15) is 36.8 Å². The molecule has 19 nitrogen and oxygen atoms in total. The lowest BCUT2D eigenvalue weighted by Gasteiger charge is -2.32. The molecule has 67 heavy (non-hydrogen) atoms. The van der Waals surface area contributed by atoms with Crippen molar-refractivity contribution in [1.82, 2.24) is 29.6 Å². The molecule has 2 saturated heterocycles. The van der Waals surface area contributed by atoms with E-state index in [2.05, 4.69) is 31.9 Å². The van der Waals surface area contributed by atoms with Crippen LogP contribution in [0, 0.1) is 22.7 Å². The Labute approximate surface area is 386 Å². The number of esters is 1. The van der Waals surface area contributed by atoms with Gasteiger partial charge >= 0.3 is 11.9 Å². The van der Waals surface area contributed by atoms with Crippen molar-refractivity contribution in [2.45, 2.75) is 25.7 Å². The smallest absolute Gasteiger partial charge is 0.311 e. The van der Waals surface area contributed by atoms with Crippen LogP contribution in [0.15, 0.2) is 84.9 Å². The van der Waals surface area contributed by atoms with Gasteiger partial charge in [-0.15, -0.1) is 0 Å². The standard InChI is InChI=1S/C24H25N5O4.C15H11N3O2.C9H16N2O3/c1-28-10-12-29(13-11-28)22(30)8-9-23(31)33-17-4-2-16(3-5-17)32-18-6-7-21-19(14-18)20(15-25)24(26)27-21;16-8-13-12-7-11(5-6-14(12)18-15(13)17)20-10-3-1-9(19)2-4-10;1-10-4-6-11(7-5-10)8(12)2-3-9(13)14/h2-7,14,27H,8-13,26H2,1H3;1-7,18-19H,17H2;2-7H2,1H3,(H,13,14). The van der Waals surface area contributed by atoms with E-state index in [0.717, 1.165) is 55.7 Å². The molecule has 2 aliphatic rings. The highest BCUT2D eigenvalue weighted by molar-refractivity contribution is 5.93. The fourth-order valence-electron chi connectivity index (χ4n) is 7.15. The molecule has 8 rings (SSSR count). The summed E-state index contributed by atoms with van der Waals surface area (Å²) in [6.45, 7) is 6.25. The number of carbonyl (C=O) groups excluding carboxylic acids is 3. The van der Waals surface area contributed by atoms with Crippen LogP contribution in [-0.2, 0) is 19.2 Å². The number of anilines is 2. The Bertz CT molecular complexity index is 2780. The predicted molar refractivity (Wildman–Crippen MR) is 249 cm³/mol. The first-order chi connectivity index (χ1) is 32.2. The van der Waals surface area contributed by atoms with Crippen molar-refractivity contribution >= 4 is 57.2 Å². The van der Waals surface area contributed by atoms with Gasteiger partial charge in [-0.05, 0) is 99.0 Å². The van der Waals surface area contributed by atoms with Crippen LogP contribution in [-0.4, -0.2) is 130 Å². The van der Waals surface area contributed by atoms with Gasteiger partial charge in [-0.2, -0.15) is 10.5 Å². The molecule has 4 aromatic carbocycles. The molecular formula is C48H52N10O9. The molecule has 8 N–H and O–H groups in total. The number of phenols is 1. The second-order valence-corrected chi connectivity index (χ2v) is 15.9. The van der Waals surface area contributed by atoms with Crippen molar-refractivity contribution in [3.63, 3.8) is 0 Å². The van der Waals surface area contributed by atoms with Crippen molar-refractivity contribution in [3.8, 4) is 46.6 Å². The number of aromatic hydroxyl groups is 1. The number of aromatic amines is 2. The lowest BCUT2D eigenvalue weighted by Crippen LogP contribution is -2.47. The molecule has 0 aliphatic carbocycles. The maximum absolute atomic E-state index is 12.3. The molecule has 2 fully saturated rings. The fraction of sp³-hybridized carbons (Fsp3) is 0.292. The van der Waals surface area contributed by atoms with Gasteiger partial charge in [0.25, 0.3) is 0 Å². The van der Waals surface area contributed by atoms with Crippen molar-refractivity contribution in [2.75, 3.05) is 77.9 Å². The zero-order chi connectivity index (χ0) is 48.0. The van der Waals surface area contributed by atoms with E-state index >= 15 is 0 Å². The van der Waals surface area contributed by atoms with Crippen molar-refractivity contribution < 1.29 is 43.6 Å². The number of nitrogens with zero attached hydrogens (tertiary/aromatic N) is 6. The van der Waals surface area contributed by atoms with Crippen LogP contribution in [0.25, 0.3) is 21.8 Å². The number of H-pyrrole nitrogens is 2. The summed E-state index contributed by atoms with van der Waals surface area (Å²) in [6.07, 6.45) is 0.231. The number of amides is 2. The molecule has 2 aliphatic heterocycles. The number of nitrogens with one attached hydrogen (secondary N) is 2. The Morgan fingerprint density at radius 3 is 1.39 bits per heavy atom. The number of likely N-dealkylation sites (N-methyl/N-ethyl adjacent to an activating group) is 2. The lowest BCUT2D eigenvalue weighted by atomic mass is 10.2. The number of carboxylic acid groups (broad SMARTS) is 1. The third kappa shape index (κ3) is 13.4. The minimum atomic E-state index is -0.910. The van der Waals surface area contributed by atoms with Gasteiger partial charge in [0.05, 0.1) is 12.8 Å². The number of rotatable bonds is 11. The van der Waals surface area contributed by atoms with E-state index in [0.29, 0.717) is 70.0 Å². The molecule has 0 saturated carbocycles. The van der Waals surface area contributed by atoms with E-state index in [-0.39, 0.29) is 43.2 Å². The first kappa shape index (κ1) is 48.2. The summed E-state index contributed by atoms with van der Waals surface area (Å²) in [4.78, 5) is 59.9. The Morgan fingerprint density at radius 2 is 0.970 bits per heavy atom. The summed E-state index contributed by atoms with van der Waals surface area (Å²) in [7, 11) is 4.04. The third-order valence-electron chi connectivity index (χ3n) is 11.0. The van der Waals surface area contributed by atoms with Crippen molar-refractivity contribution in [1.29, 1.82) is 10.5 Å². The number of nitrogens with two attached hydrogens (primary N) is 2. The SMILES string of the molecule is CN1CCN(C(=O)CCC(=O)O)CC1.CN1CCN(C(=O)CCC(=O)Oc2ccc(Oc3ccc4[nH]c(N)c(C#N)c4c3)cc2)CC1.N#Cc1c(N)[nH]c2ccc(Oc3ccc(O)cc3)cc12. The topological polar surface area (TPSA) is 281 Å². The van der Waals surface area contributed by atoms with Crippen LogP contribution < -0.4 is 25.7 Å². The molecule has 2 aromatic heterocycles. The zero-order valence-electron chi connectivity index (χ0n) is 37.2. The number of phenolic OH excluding ortho intramolecular Hbond substituents is 1. The van der Waals surface area contributed by atoms with Gasteiger partial charge in [0.2, 0.25) is 11.8 Å². The molecule has 0 spiro atoms. The number of aromatic nitrogens is 2. The summed E-state index contributed by atoms with van der Waals surface area (Å²) >= 11 is 0. The van der Waals surface area contributed by atoms with Gasteiger partial charge < -0.3 is 65.5 Å². The highest BCUT2D eigenvalue weighted by Crippen LogP contribution is 2.32. The molecule has 0 bridgehead atoms. The largest absolute Gasteiger partial charge is 0.508 e. The number of benzene rings is 4. The van der Waals surface area contributed by atoms with Crippen LogP contribution >= 0.6 is 0 Å². The Balaban J connectivity index is 0.000000184. The maximum atomic E-state index is 12.3. The van der Waals surface area contributed by atoms with Crippen molar-refractivity contribution in [2.24, 2.45) is 0 Å². The van der Waals surface area contributed by atoms with Gasteiger partial charge in [0.15, 0.2) is 0 Å². The second kappa shape index (κ2) is 22.6. The number of carbonyl (C=O) groups is 4. The highest BCUT2D eigenvalue weighted by atomic mass is 16.5. The Kier molecular flexibility index (Phi) is 16.2. The summed E-state index contributed by atoms with van der Waals surface area (Å²) < 4.78 is 16.9. The number of fused-ring (bicyclic) bond motifs is 2. The zero-order valence-corrected chi connectivity index (χ0v) is 37.2. The van der Waals surface area contributed by atoms with E-state index < -0.39 is 11.9 Å². The van der Waals surface area contributed by atoms with Crippen LogP contribution in [0.3, 0.4) is 0 Å². The minimum absolute atomic E-state index is 0.0236. The number of ether oxygens (including phenoxy) is 3. The van der Waals surface area contributed by atoms with E-state index in [1.54, 1.807) is 88.7 Å². The van der Waals surface area contributed by atoms with Gasteiger partial charge in [0, 0.05) is 87.0 Å². The van der Waals surface area contributed by atoms with Gasteiger partial charge in [0.1, 0.15) is 69.4 Å². The third-order valence-corrected chi connectivity index (χ3v) is 11.0. The molecule has 0 radical (unpaired) electrons. The number of aliphatic carboxylic acids is 1. The van der Waals surface area contributed by atoms with Gasteiger partial charge in [-0.3, -0.25) is 19.2 Å². The average Bonchev–Trinajstić information content (AvgIpc) is 3.82. The maximum Gasteiger partial charge on any atom is 0.311 e. The monoisotopic (exact) mass is 912 g/mol. The summed E-state index contributed by atoms with van der Waals surface area (Å²) in [5.74, 6) is 2.08. The van der Waals surface area contributed by atoms with E-state index in [4.69, 9.17) is 36.0 Å². The highest BCUT2D eigenvalue weighted by Gasteiger charge is 2.21. The normalized spacial score (nSPS) is 13.9. The lowest BCUT2D eigenvalue weighted by molar-refractivity contribution is -0.141. The van der Waals surface area contributed by atoms with E-state index in [1.165, 1.54) is 0 Å². The molecule has 19 heteroatoms. The van der Waals surface area contributed by atoms with Crippen LogP contribution in [0.5, 0.6) is 34.5 Å². The molecule has 0 unspecified atom stereocenters. The number of nitriles is 2. The Hall–Kier alpha value is -8.26. The first-order valence-corrected chi connectivity index (χ1v) is 21.4. The molecule has 0 atom stereocenters. The van der Waals surface area contributed by atoms with E-state index in [9.17, 15) is 29.5 Å². The number of piperazine rings is 2. The summed E-state index contributed by atoms with van der Waals surface area (Å²) in [5, 5.41) is 37.4. The van der Waals surface area contributed by atoms with Crippen LogP contribution in [0.2, 0.25) is 0 Å². The van der Waals surface area contributed by atoms with Gasteiger partial charge in [-0.1, -0.05) is 0 Å². The van der Waals surface area contributed by atoms with Gasteiger partial charge in [-0.25, -0.2) is 0 Å². The number of nitrogen functional groups attached to an aromatic ring is 2. The average molecular weight is 913 g/mol.